The van der Waals surface area contributed by atoms with Gasteiger partial charge < -0.3 is 20.8 Å². The third kappa shape index (κ3) is 6.78. The Morgan fingerprint density at radius 1 is 0.889 bits per heavy atom. The van der Waals surface area contributed by atoms with Crippen LogP contribution in [0.25, 0.3) is 0 Å². The number of hydrogen-bond acceptors (Lipinski definition) is 5. The van der Waals surface area contributed by atoms with E-state index in [1.165, 1.54) is 17.8 Å². The van der Waals surface area contributed by atoms with Gasteiger partial charge in [-0.2, -0.15) is 0 Å². The summed E-state index contributed by atoms with van der Waals surface area (Å²) in [4.78, 5) is 49.0. The lowest BCUT2D eigenvalue weighted by molar-refractivity contribution is -0.115. The molecule has 0 spiro atoms. The molecule has 3 aromatic rings. The van der Waals surface area contributed by atoms with Gasteiger partial charge in [-0.15, -0.1) is 11.8 Å². The molecule has 4 N–H and O–H groups in total. The number of carbonyl (C=O) groups excluding carboxylic acids is 2. The normalized spacial score (nSPS) is 11.4. The Morgan fingerprint density at radius 2 is 1.64 bits per heavy atom. The van der Waals surface area contributed by atoms with Gasteiger partial charge in [-0.05, 0) is 61.0 Å². The van der Waals surface area contributed by atoms with Gasteiger partial charge in [0.1, 0.15) is 0 Å². The number of nitrogens with one attached hydrogen (secondary N) is 2. The van der Waals surface area contributed by atoms with Gasteiger partial charge in [0, 0.05) is 15.6 Å². The molecule has 0 heterocycles. The van der Waals surface area contributed by atoms with Crippen LogP contribution in [0, 0.1) is 0 Å². The summed E-state index contributed by atoms with van der Waals surface area (Å²) in [6.07, 6.45) is 0.510. The Bertz CT molecular complexity index is 1350. The largest absolute Gasteiger partial charge is 0.478 e. The predicted molar refractivity (Wildman–Crippen MR) is 140 cm³/mol. The van der Waals surface area contributed by atoms with Gasteiger partial charge in [-0.1, -0.05) is 36.2 Å². The van der Waals surface area contributed by atoms with E-state index in [4.69, 9.17) is 28.3 Å². The highest BCUT2D eigenvalue weighted by molar-refractivity contribution is 8.00. The fraction of sp³-hybridized carbons (Fsp3) is 0.120. The van der Waals surface area contributed by atoms with Gasteiger partial charge in [0.15, 0.2) is 0 Å². The van der Waals surface area contributed by atoms with E-state index in [9.17, 15) is 24.3 Å². The number of halogens is 2. The quantitative estimate of drug-likeness (QED) is 0.236. The number of rotatable bonds is 9. The summed E-state index contributed by atoms with van der Waals surface area (Å²) < 4.78 is 0. The van der Waals surface area contributed by atoms with Crippen molar-refractivity contribution in [1.29, 1.82) is 0 Å². The van der Waals surface area contributed by atoms with Crippen LogP contribution in [0.3, 0.4) is 0 Å². The monoisotopic (exact) mass is 546 g/mol. The van der Waals surface area contributed by atoms with Gasteiger partial charge in [0.25, 0.3) is 5.91 Å². The van der Waals surface area contributed by atoms with Crippen LogP contribution in [-0.4, -0.2) is 39.2 Å². The van der Waals surface area contributed by atoms with Crippen LogP contribution < -0.4 is 10.6 Å². The van der Waals surface area contributed by atoms with E-state index in [2.05, 4.69) is 10.6 Å². The van der Waals surface area contributed by atoms with Gasteiger partial charge in [-0.3, -0.25) is 9.59 Å². The Labute approximate surface area is 220 Å². The van der Waals surface area contributed by atoms with Crippen molar-refractivity contribution in [3.05, 3.63) is 87.4 Å². The SMILES string of the molecule is CCC(Sc1cccc(NC(=O)c2ccc(C(=O)O)cc2C(=O)O)c1)C(=O)Nc1ccc(Cl)cc1Cl. The average molecular weight is 547 g/mol. The van der Waals surface area contributed by atoms with Crippen molar-refractivity contribution < 1.29 is 29.4 Å². The third-order valence-corrected chi connectivity index (χ3v) is 6.87. The minimum absolute atomic E-state index is 0.184. The number of carboxylic acid groups (broad SMARTS) is 2. The summed E-state index contributed by atoms with van der Waals surface area (Å²) in [6.45, 7) is 1.86. The van der Waals surface area contributed by atoms with E-state index in [-0.39, 0.29) is 17.0 Å². The first-order valence-electron chi connectivity index (χ1n) is 10.5. The Kier molecular flexibility index (Phi) is 8.98. The highest BCUT2D eigenvalue weighted by atomic mass is 35.5. The van der Waals surface area contributed by atoms with E-state index in [0.29, 0.717) is 32.7 Å². The highest BCUT2D eigenvalue weighted by Gasteiger charge is 2.21. The third-order valence-electron chi connectivity index (χ3n) is 4.96. The molecule has 0 fully saturated rings. The van der Waals surface area contributed by atoms with Gasteiger partial charge >= 0.3 is 11.9 Å². The maximum Gasteiger partial charge on any atom is 0.336 e. The molecule has 8 nitrogen and oxygen atoms in total. The molecule has 11 heteroatoms. The average Bonchev–Trinajstić information content (AvgIpc) is 2.83. The molecular formula is C25H20Cl2N2O6S. The number of amides is 2. The number of aromatic carboxylic acids is 2. The number of carboxylic acids is 2. The lowest BCUT2D eigenvalue weighted by Gasteiger charge is -2.16. The standard InChI is InChI=1S/C25H20Cl2N2O6S/c1-2-21(23(31)29-20-9-7-14(26)11-19(20)27)36-16-5-3-4-15(12-16)28-22(30)17-8-6-13(24(32)33)10-18(17)25(34)35/h3-12,21H,2H2,1H3,(H,28,30)(H,29,31)(H,32,33)(H,34,35). The van der Waals surface area contributed by atoms with Crippen molar-refractivity contribution in [3.8, 4) is 0 Å². The molecular weight excluding hydrogens is 527 g/mol. The number of benzene rings is 3. The minimum Gasteiger partial charge on any atom is -0.478 e. The Balaban J connectivity index is 1.74. The molecule has 2 amide bonds. The molecule has 0 radical (unpaired) electrons. The summed E-state index contributed by atoms with van der Waals surface area (Å²) in [6, 6.07) is 14.7. The van der Waals surface area contributed by atoms with Gasteiger partial charge in [0.2, 0.25) is 5.91 Å². The molecule has 3 aromatic carbocycles. The first-order chi connectivity index (χ1) is 17.1. The van der Waals surface area contributed by atoms with Crippen LogP contribution in [0.1, 0.15) is 44.4 Å². The lowest BCUT2D eigenvalue weighted by atomic mass is 10.0. The number of anilines is 2. The zero-order valence-electron chi connectivity index (χ0n) is 18.7. The molecule has 0 aromatic heterocycles. The molecule has 3 rings (SSSR count). The van der Waals surface area contributed by atoms with Gasteiger partial charge in [0.05, 0.1) is 32.7 Å². The zero-order valence-corrected chi connectivity index (χ0v) is 21.1. The number of hydrogen-bond donors (Lipinski definition) is 4. The van der Waals surface area contributed by atoms with Crippen molar-refractivity contribution in [2.24, 2.45) is 0 Å². The van der Waals surface area contributed by atoms with E-state index in [0.717, 1.165) is 18.2 Å². The first-order valence-corrected chi connectivity index (χ1v) is 12.2. The van der Waals surface area contributed by atoms with E-state index < -0.39 is 28.7 Å². The maximum absolute atomic E-state index is 12.8. The molecule has 0 aliphatic heterocycles. The molecule has 1 unspecified atom stereocenters. The van der Waals surface area contributed by atoms with Crippen LogP contribution in [0.2, 0.25) is 10.0 Å². The summed E-state index contributed by atoms with van der Waals surface area (Å²) in [5.74, 6) is -3.70. The van der Waals surface area contributed by atoms with E-state index in [1.807, 2.05) is 6.92 Å². The highest BCUT2D eigenvalue weighted by Crippen LogP contribution is 2.31. The molecule has 0 bridgehead atoms. The van der Waals surface area contributed by atoms with Crippen molar-refractivity contribution >= 4 is 70.1 Å². The topological polar surface area (TPSA) is 133 Å². The summed E-state index contributed by atoms with van der Waals surface area (Å²) in [7, 11) is 0. The summed E-state index contributed by atoms with van der Waals surface area (Å²) in [5.41, 5.74) is -0.0437. The second-order valence-electron chi connectivity index (χ2n) is 7.48. The second kappa shape index (κ2) is 11.9. The molecule has 1 atom stereocenters. The van der Waals surface area contributed by atoms with Crippen molar-refractivity contribution in [2.75, 3.05) is 10.6 Å². The van der Waals surface area contributed by atoms with Crippen molar-refractivity contribution in [3.63, 3.8) is 0 Å². The van der Waals surface area contributed by atoms with E-state index >= 15 is 0 Å². The van der Waals surface area contributed by atoms with Crippen LogP contribution in [0.15, 0.2) is 65.6 Å². The van der Waals surface area contributed by atoms with Crippen LogP contribution in [0.5, 0.6) is 0 Å². The smallest absolute Gasteiger partial charge is 0.336 e. The molecule has 36 heavy (non-hydrogen) atoms. The molecule has 0 aliphatic carbocycles. The van der Waals surface area contributed by atoms with Crippen molar-refractivity contribution in [2.45, 2.75) is 23.5 Å². The maximum atomic E-state index is 12.8. The summed E-state index contributed by atoms with van der Waals surface area (Å²) in [5, 5.41) is 24.2. The molecule has 0 saturated heterocycles. The van der Waals surface area contributed by atoms with Crippen LogP contribution in [-0.2, 0) is 4.79 Å². The predicted octanol–water partition coefficient (Wildman–Crippen LogP) is 6.15. The second-order valence-corrected chi connectivity index (χ2v) is 9.60. The number of thioether (sulfide) groups is 1. The lowest BCUT2D eigenvalue weighted by Crippen LogP contribution is -2.24. The fourth-order valence-corrected chi connectivity index (χ4v) is 4.66. The molecule has 0 aliphatic rings. The zero-order chi connectivity index (χ0) is 26.4. The Morgan fingerprint density at radius 3 is 2.28 bits per heavy atom. The van der Waals surface area contributed by atoms with Crippen molar-refractivity contribution in [1.82, 2.24) is 0 Å². The van der Waals surface area contributed by atoms with Gasteiger partial charge in [-0.25, -0.2) is 9.59 Å². The van der Waals surface area contributed by atoms with Crippen LogP contribution >= 0.6 is 35.0 Å². The van der Waals surface area contributed by atoms with E-state index in [1.54, 1.807) is 36.4 Å². The molecule has 186 valence electrons. The number of carbonyl (C=O) groups is 4. The van der Waals surface area contributed by atoms with Crippen LogP contribution in [0.4, 0.5) is 11.4 Å². The fourth-order valence-electron chi connectivity index (χ4n) is 3.19. The first kappa shape index (κ1) is 27.1. The Hall–Kier alpha value is -3.53. The molecule has 0 saturated carbocycles. The minimum atomic E-state index is -1.43. The summed E-state index contributed by atoms with van der Waals surface area (Å²) >= 11 is 13.3.